The van der Waals surface area contributed by atoms with Gasteiger partial charge in [-0.3, -0.25) is 4.79 Å². The molecule has 0 radical (unpaired) electrons. The second-order valence-electron chi connectivity index (χ2n) is 6.17. The summed E-state index contributed by atoms with van der Waals surface area (Å²) in [4.78, 5) is 11.9. The van der Waals surface area contributed by atoms with Gasteiger partial charge in [0.15, 0.2) is 0 Å². The maximum Gasteiger partial charge on any atom is 0.239 e. The van der Waals surface area contributed by atoms with Crippen molar-refractivity contribution < 1.29 is 14.6 Å². The Morgan fingerprint density at radius 3 is 2.48 bits per heavy atom. The van der Waals surface area contributed by atoms with Crippen molar-refractivity contribution in [3.8, 4) is 0 Å². The van der Waals surface area contributed by atoms with E-state index in [9.17, 15) is 4.79 Å². The number of aliphatic hydroxyl groups is 1. The number of amides is 1. The molecule has 0 bridgehead atoms. The molecule has 3 N–H and O–H groups in total. The van der Waals surface area contributed by atoms with Gasteiger partial charge in [0, 0.05) is 12.2 Å². The Morgan fingerprint density at radius 2 is 1.80 bits per heavy atom. The molecule has 2 aromatic rings. The number of benzene rings is 2. The number of ether oxygens (including phenoxy) is 1. The van der Waals surface area contributed by atoms with Crippen LogP contribution in [-0.4, -0.2) is 23.7 Å². The molecule has 0 aliphatic carbocycles. The highest BCUT2D eigenvalue weighted by Gasteiger charge is 2.03. The second kappa shape index (κ2) is 9.81. The number of rotatable bonds is 9. The molecule has 2 rings (SSSR count). The summed E-state index contributed by atoms with van der Waals surface area (Å²) in [6, 6.07) is 15.4. The molecule has 5 nitrogen and oxygen atoms in total. The molecule has 0 atom stereocenters. The zero-order chi connectivity index (χ0) is 18.1. The SMILES string of the molecule is CC(C)OCc1ccc(CNC(=O)CNc2cccc(CO)c2)cc1. The molecule has 0 spiro atoms. The van der Waals surface area contributed by atoms with E-state index in [0.717, 1.165) is 22.4 Å². The van der Waals surface area contributed by atoms with Crippen LogP contribution in [0.15, 0.2) is 48.5 Å². The Balaban J connectivity index is 1.74. The van der Waals surface area contributed by atoms with E-state index in [4.69, 9.17) is 9.84 Å². The van der Waals surface area contributed by atoms with Gasteiger partial charge in [0.1, 0.15) is 0 Å². The fraction of sp³-hybridized carbons (Fsp3) is 0.350. The molecule has 2 aromatic carbocycles. The van der Waals surface area contributed by atoms with Crippen LogP contribution in [0.25, 0.3) is 0 Å². The van der Waals surface area contributed by atoms with Gasteiger partial charge < -0.3 is 20.5 Å². The van der Waals surface area contributed by atoms with Gasteiger partial charge in [0.2, 0.25) is 5.91 Å². The van der Waals surface area contributed by atoms with E-state index in [1.165, 1.54) is 0 Å². The highest BCUT2D eigenvalue weighted by atomic mass is 16.5. The van der Waals surface area contributed by atoms with Crippen LogP contribution >= 0.6 is 0 Å². The zero-order valence-corrected chi connectivity index (χ0v) is 14.8. The van der Waals surface area contributed by atoms with Gasteiger partial charge in [0.25, 0.3) is 0 Å². The van der Waals surface area contributed by atoms with Gasteiger partial charge in [-0.25, -0.2) is 0 Å². The van der Waals surface area contributed by atoms with E-state index in [-0.39, 0.29) is 25.2 Å². The summed E-state index contributed by atoms with van der Waals surface area (Å²) in [6.45, 7) is 5.29. The summed E-state index contributed by atoms with van der Waals surface area (Å²) in [5, 5.41) is 15.1. The molecule has 0 heterocycles. The average molecular weight is 342 g/mol. The number of anilines is 1. The summed E-state index contributed by atoms with van der Waals surface area (Å²) in [5.41, 5.74) is 3.79. The lowest BCUT2D eigenvalue weighted by Gasteiger charge is -2.10. The minimum Gasteiger partial charge on any atom is -0.392 e. The molecule has 5 heteroatoms. The highest BCUT2D eigenvalue weighted by molar-refractivity contribution is 5.80. The van der Waals surface area contributed by atoms with Crippen LogP contribution < -0.4 is 10.6 Å². The first-order valence-corrected chi connectivity index (χ1v) is 8.46. The third kappa shape index (κ3) is 6.95. The predicted molar refractivity (Wildman–Crippen MR) is 99.1 cm³/mol. The van der Waals surface area contributed by atoms with Crippen LogP contribution in [0.5, 0.6) is 0 Å². The van der Waals surface area contributed by atoms with Gasteiger partial charge in [-0.1, -0.05) is 36.4 Å². The van der Waals surface area contributed by atoms with Crippen LogP contribution in [-0.2, 0) is 29.3 Å². The smallest absolute Gasteiger partial charge is 0.239 e. The van der Waals surface area contributed by atoms with Gasteiger partial charge in [-0.05, 0) is 42.7 Å². The minimum absolute atomic E-state index is 0.0140. The Labute approximate surface area is 149 Å². The van der Waals surface area contributed by atoms with Crippen molar-refractivity contribution in [1.29, 1.82) is 0 Å². The van der Waals surface area contributed by atoms with Crippen LogP contribution in [0.1, 0.15) is 30.5 Å². The molecule has 1 amide bonds. The van der Waals surface area contributed by atoms with Crippen LogP contribution in [0.4, 0.5) is 5.69 Å². The number of carbonyl (C=O) groups excluding carboxylic acids is 1. The first-order valence-electron chi connectivity index (χ1n) is 8.46. The summed E-state index contributed by atoms with van der Waals surface area (Å²) >= 11 is 0. The van der Waals surface area contributed by atoms with Crippen LogP contribution in [0, 0.1) is 0 Å². The van der Waals surface area contributed by atoms with E-state index >= 15 is 0 Å². The number of hydrogen-bond donors (Lipinski definition) is 3. The molecule has 25 heavy (non-hydrogen) atoms. The topological polar surface area (TPSA) is 70.6 Å². The first kappa shape index (κ1) is 19.0. The van der Waals surface area contributed by atoms with E-state index in [2.05, 4.69) is 10.6 Å². The van der Waals surface area contributed by atoms with Gasteiger partial charge in [-0.2, -0.15) is 0 Å². The normalized spacial score (nSPS) is 10.7. The summed E-state index contributed by atoms with van der Waals surface area (Å²) in [5.74, 6) is -0.0818. The third-order valence-corrected chi connectivity index (χ3v) is 3.66. The second-order valence-corrected chi connectivity index (χ2v) is 6.17. The number of hydrogen-bond acceptors (Lipinski definition) is 4. The Morgan fingerprint density at radius 1 is 1.08 bits per heavy atom. The number of aliphatic hydroxyl groups excluding tert-OH is 1. The van der Waals surface area contributed by atoms with Gasteiger partial charge >= 0.3 is 0 Å². The molecule has 134 valence electrons. The van der Waals surface area contributed by atoms with Crippen molar-refractivity contribution in [1.82, 2.24) is 5.32 Å². The third-order valence-electron chi connectivity index (χ3n) is 3.66. The Kier molecular flexibility index (Phi) is 7.44. The van der Waals surface area contributed by atoms with Crippen molar-refractivity contribution in [2.24, 2.45) is 0 Å². The van der Waals surface area contributed by atoms with E-state index in [0.29, 0.717) is 13.2 Å². The fourth-order valence-corrected chi connectivity index (χ4v) is 2.24. The summed E-state index contributed by atoms with van der Waals surface area (Å²) in [6.07, 6.45) is 0.213. The van der Waals surface area contributed by atoms with Crippen molar-refractivity contribution in [2.75, 3.05) is 11.9 Å². The molecule has 0 unspecified atom stereocenters. The van der Waals surface area contributed by atoms with Gasteiger partial charge in [-0.15, -0.1) is 0 Å². The molecular weight excluding hydrogens is 316 g/mol. The van der Waals surface area contributed by atoms with Crippen molar-refractivity contribution >= 4 is 11.6 Å². The van der Waals surface area contributed by atoms with E-state index < -0.39 is 0 Å². The lowest BCUT2D eigenvalue weighted by molar-refractivity contribution is -0.119. The quantitative estimate of drug-likeness (QED) is 0.655. The standard InChI is InChI=1S/C20H26N2O3/c1-15(2)25-14-17-8-6-16(7-9-17)11-22-20(24)12-21-19-5-3-4-18(10-19)13-23/h3-10,15,21,23H,11-14H2,1-2H3,(H,22,24). The van der Waals surface area contributed by atoms with Crippen LogP contribution in [0.3, 0.4) is 0 Å². The van der Waals surface area contributed by atoms with Crippen molar-refractivity contribution in [3.63, 3.8) is 0 Å². The number of nitrogens with one attached hydrogen (secondary N) is 2. The Hall–Kier alpha value is -2.37. The number of carbonyl (C=O) groups is 1. The highest BCUT2D eigenvalue weighted by Crippen LogP contribution is 2.10. The molecule has 0 aromatic heterocycles. The molecule has 0 aliphatic rings. The lowest BCUT2D eigenvalue weighted by atomic mass is 10.1. The molecule has 0 fully saturated rings. The molecule has 0 aliphatic heterocycles. The zero-order valence-electron chi connectivity index (χ0n) is 14.8. The van der Waals surface area contributed by atoms with Crippen LogP contribution in [0.2, 0.25) is 0 Å². The summed E-state index contributed by atoms with van der Waals surface area (Å²) < 4.78 is 5.56. The van der Waals surface area contributed by atoms with E-state index in [1.54, 1.807) is 0 Å². The van der Waals surface area contributed by atoms with Crippen molar-refractivity contribution in [3.05, 3.63) is 65.2 Å². The minimum atomic E-state index is -0.0818. The molecular formula is C20H26N2O3. The first-order chi connectivity index (χ1) is 12.1. The lowest BCUT2D eigenvalue weighted by Crippen LogP contribution is -2.29. The predicted octanol–water partition coefficient (Wildman–Crippen LogP) is 2.83. The maximum absolute atomic E-state index is 11.9. The monoisotopic (exact) mass is 342 g/mol. The summed E-state index contributed by atoms with van der Waals surface area (Å²) in [7, 11) is 0. The largest absolute Gasteiger partial charge is 0.392 e. The van der Waals surface area contributed by atoms with Crippen molar-refractivity contribution in [2.45, 2.75) is 39.7 Å². The molecule has 0 saturated heterocycles. The Bertz CT molecular complexity index is 669. The maximum atomic E-state index is 11.9. The molecule has 0 saturated carbocycles. The van der Waals surface area contributed by atoms with E-state index in [1.807, 2.05) is 62.4 Å². The average Bonchev–Trinajstić information content (AvgIpc) is 2.64. The fourth-order valence-electron chi connectivity index (χ4n) is 2.24. The van der Waals surface area contributed by atoms with Gasteiger partial charge in [0.05, 0.1) is 25.9 Å².